The molecule has 2 unspecified atom stereocenters. The Morgan fingerprint density at radius 1 is 0.679 bits per heavy atom. The molecule has 0 radical (unpaired) electrons. The molecule has 3 rings (SSSR count). The third-order valence-corrected chi connectivity index (χ3v) is 6.55. The predicted octanol–water partition coefficient (Wildman–Crippen LogP) is 7.80. The van der Waals surface area contributed by atoms with Gasteiger partial charge in [0.05, 0.1) is 0 Å². The van der Waals surface area contributed by atoms with Gasteiger partial charge in [-0.2, -0.15) is 0 Å². The predicted molar refractivity (Wildman–Crippen MR) is 122 cm³/mol. The lowest BCUT2D eigenvalue weighted by Gasteiger charge is -2.41. The van der Waals surface area contributed by atoms with Crippen molar-refractivity contribution in [3.63, 3.8) is 0 Å². The Morgan fingerprint density at radius 3 is 1.71 bits per heavy atom. The van der Waals surface area contributed by atoms with Crippen LogP contribution in [0.2, 0.25) is 0 Å². The van der Waals surface area contributed by atoms with Crippen LogP contribution in [0.15, 0.2) is 91.0 Å². The Balaban J connectivity index is 1.97. The molecule has 0 amide bonds. The minimum absolute atomic E-state index is 0.161. The van der Waals surface area contributed by atoms with E-state index in [9.17, 15) is 0 Å². The van der Waals surface area contributed by atoms with E-state index in [0.717, 1.165) is 19.3 Å². The molecule has 0 N–H and O–H groups in total. The van der Waals surface area contributed by atoms with Gasteiger partial charge in [-0.15, -0.1) is 0 Å². The molecule has 0 nitrogen and oxygen atoms in total. The van der Waals surface area contributed by atoms with Gasteiger partial charge >= 0.3 is 0 Å². The van der Waals surface area contributed by atoms with Crippen LogP contribution in [0.3, 0.4) is 0 Å². The number of rotatable bonds is 8. The summed E-state index contributed by atoms with van der Waals surface area (Å²) in [5, 5.41) is 0. The molecule has 0 bridgehead atoms. The van der Waals surface area contributed by atoms with Gasteiger partial charge in [0.25, 0.3) is 0 Å². The zero-order valence-corrected chi connectivity index (χ0v) is 17.9. The van der Waals surface area contributed by atoms with Crippen LogP contribution >= 0.6 is 0 Å². The Labute approximate surface area is 171 Å². The summed E-state index contributed by atoms with van der Waals surface area (Å²) in [4.78, 5) is 0. The van der Waals surface area contributed by atoms with Crippen molar-refractivity contribution in [1.82, 2.24) is 0 Å². The van der Waals surface area contributed by atoms with E-state index in [1.165, 1.54) is 16.7 Å². The molecular weight excluding hydrogens is 336 g/mol. The van der Waals surface area contributed by atoms with Crippen molar-refractivity contribution in [2.24, 2.45) is 5.41 Å². The molecule has 0 heterocycles. The molecule has 28 heavy (non-hydrogen) atoms. The molecule has 0 saturated heterocycles. The molecule has 0 heteroatoms. The van der Waals surface area contributed by atoms with Gasteiger partial charge in [0.15, 0.2) is 0 Å². The summed E-state index contributed by atoms with van der Waals surface area (Å²) in [5.41, 5.74) is 4.66. The summed E-state index contributed by atoms with van der Waals surface area (Å²) >= 11 is 0. The smallest absolute Gasteiger partial charge is 0.00719 e. The maximum Gasteiger partial charge on any atom is -0.00719 e. The van der Waals surface area contributed by atoms with Crippen LogP contribution < -0.4 is 0 Å². The van der Waals surface area contributed by atoms with Crippen LogP contribution in [0.1, 0.15) is 63.1 Å². The first kappa shape index (κ1) is 20.4. The molecule has 0 spiro atoms. The Morgan fingerprint density at radius 2 is 1.18 bits per heavy atom. The second-order valence-electron chi connectivity index (χ2n) is 9.10. The van der Waals surface area contributed by atoms with Crippen LogP contribution in [-0.4, -0.2) is 0 Å². The normalized spacial score (nSPS) is 15.0. The van der Waals surface area contributed by atoms with Crippen molar-refractivity contribution < 1.29 is 0 Å². The zero-order chi connectivity index (χ0) is 20.0. The van der Waals surface area contributed by atoms with E-state index < -0.39 is 0 Å². The fraction of sp³-hybridized carbons (Fsp3) is 0.357. The summed E-state index contributed by atoms with van der Waals surface area (Å²) < 4.78 is 0. The first-order valence-corrected chi connectivity index (χ1v) is 10.6. The first-order valence-electron chi connectivity index (χ1n) is 10.6. The molecule has 3 aromatic carbocycles. The largest absolute Gasteiger partial charge is 0.0645 e. The van der Waals surface area contributed by atoms with E-state index in [1.807, 2.05) is 0 Å². The van der Waals surface area contributed by atoms with E-state index in [0.29, 0.717) is 5.92 Å². The second kappa shape index (κ2) is 8.78. The van der Waals surface area contributed by atoms with Gasteiger partial charge in [-0.05, 0) is 52.7 Å². The fourth-order valence-electron chi connectivity index (χ4n) is 4.53. The molecule has 3 aromatic rings. The Bertz CT molecular complexity index is 833. The van der Waals surface area contributed by atoms with Crippen LogP contribution in [0, 0.1) is 5.41 Å². The van der Waals surface area contributed by atoms with Crippen molar-refractivity contribution in [3.05, 3.63) is 108 Å². The SMILES string of the molecule is CCC(C)(CC(c1ccccc1)C(C)(C)Cc1ccccc1)c1ccccc1. The fourth-order valence-corrected chi connectivity index (χ4v) is 4.53. The van der Waals surface area contributed by atoms with Gasteiger partial charge in [0, 0.05) is 0 Å². The zero-order valence-electron chi connectivity index (χ0n) is 17.9. The van der Waals surface area contributed by atoms with Crippen LogP contribution in [-0.2, 0) is 11.8 Å². The van der Waals surface area contributed by atoms with E-state index in [4.69, 9.17) is 0 Å². The summed E-state index contributed by atoms with van der Waals surface area (Å²) in [6.07, 6.45) is 3.38. The third kappa shape index (κ3) is 4.73. The van der Waals surface area contributed by atoms with Crippen molar-refractivity contribution in [3.8, 4) is 0 Å². The topological polar surface area (TPSA) is 0 Å². The molecule has 0 fully saturated rings. The van der Waals surface area contributed by atoms with Crippen LogP contribution in [0.4, 0.5) is 0 Å². The highest BCUT2D eigenvalue weighted by molar-refractivity contribution is 5.29. The Kier molecular flexibility index (Phi) is 6.39. The van der Waals surface area contributed by atoms with Gasteiger partial charge in [-0.1, -0.05) is 119 Å². The van der Waals surface area contributed by atoms with E-state index in [2.05, 4.69) is 119 Å². The highest BCUT2D eigenvalue weighted by Crippen LogP contribution is 2.47. The highest BCUT2D eigenvalue weighted by atomic mass is 14.4. The maximum absolute atomic E-state index is 2.44. The third-order valence-electron chi connectivity index (χ3n) is 6.55. The summed E-state index contributed by atoms with van der Waals surface area (Å²) in [7, 11) is 0. The molecule has 146 valence electrons. The van der Waals surface area contributed by atoms with Crippen molar-refractivity contribution >= 4 is 0 Å². The molecule has 0 aliphatic heterocycles. The lowest BCUT2D eigenvalue weighted by atomic mass is 9.63. The lowest BCUT2D eigenvalue weighted by Crippen LogP contribution is -2.32. The minimum atomic E-state index is 0.161. The van der Waals surface area contributed by atoms with Crippen molar-refractivity contribution in [2.75, 3.05) is 0 Å². The molecule has 0 saturated carbocycles. The maximum atomic E-state index is 2.44. The first-order chi connectivity index (χ1) is 13.4. The van der Waals surface area contributed by atoms with Crippen molar-refractivity contribution in [2.45, 2.75) is 58.3 Å². The summed E-state index contributed by atoms with van der Waals surface area (Å²) in [6, 6.07) is 33.2. The number of hydrogen-bond donors (Lipinski definition) is 0. The lowest BCUT2D eigenvalue weighted by molar-refractivity contribution is 0.224. The molecule has 0 aliphatic carbocycles. The highest BCUT2D eigenvalue weighted by Gasteiger charge is 2.37. The minimum Gasteiger partial charge on any atom is -0.0645 e. The van der Waals surface area contributed by atoms with Crippen LogP contribution in [0.5, 0.6) is 0 Å². The van der Waals surface area contributed by atoms with Gasteiger partial charge in [0.1, 0.15) is 0 Å². The monoisotopic (exact) mass is 370 g/mol. The molecule has 0 aliphatic rings. The van der Waals surface area contributed by atoms with Gasteiger partial charge in [-0.25, -0.2) is 0 Å². The Hall–Kier alpha value is -2.34. The molecular formula is C28H34. The van der Waals surface area contributed by atoms with Crippen LogP contribution in [0.25, 0.3) is 0 Å². The molecule has 2 atom stereocenters. The molecule has 0 aromatic heterocycles. The standard InChI is InChI=1S/C28H34/c1-5-28(4,25-19-13-8-14-20-25)22-26(24-17-11-7-12-18-24)27(2,3)21-23-15-9-6-10-16-23/h6-20,26H,5,21-22H2,1-4H3. The van der Waals surface area contributed by atoms with E-state index in [-0.39, 0.29) is 10.8 Å². The quantitative estimate of drug-likeness (QED) is 0.379. The van der Waals surface area contributed by atoms with Crippen molar-refractivity contribution in [1.29, 1.82) is 0 Å². The summed E-state index contributed by atoms with van der Waals surface area (Å²) in [5.74, 6) is 0.485. The van der Waals surface area contributed by atoms with Gasteiger partial charge in [0.2, 0.25) is 0 Å². The van der Waals surface area contributed by atoms with Gasteiger partial charge < -0.3 is 0 Å². The summed E-state index contributed by atoms with van der Waals surface area (Å²) in [6.45, 7) is 9.66. The number of hydrogen-bond acceptors (Lipinski definition) is 0. The van der Waals surface area contributed by atoms with Gasteiger partial charge in [-0.3, -0.25) is 0 Å². The average Bonchev–Trinajstić information content (AvgIpc) is 2.73. The average molecular weight is 371 g/mol. The van der Waals surface area contributed by atoms with E-state index in [1.54, 1.807) is 0 Å². The second-order valence-corrected chi connectivity index (χ2v) is 9.10. The number of benzene rings is 3. The van der Waals surface area contributed by atoms with E-state index >= 15 is 0 Å².